The lowest BCUT2D eigenvalue weighted by molar-refractivity contribution is -0.384. The number of amides is 1. The van der Waals surface area contributed by atoms with E-state index in [1.807, 2.05) is 48.5 Å². The first-order valence-corrected chi connectivity index (χ1v) is 9.87. The zero-order valence-electron chi connectivity index (χ0n) is 17.0. The number of ether oxygens (including phenoxy) is 1. The summed E-state index contributed by atoms with van der Waals surface area (Å²) in [5, 5.41) is 17.6. The number of para-hydroxylation sites is 3. The number of rotatable bonds is 7. The lowest BCUT2D eigenvalue weighted by Gasteiger charge is -2.19. The fraction of sp³-hybridized carbons (Fsp3) is 0.174. The van der Waals surface area contributed by atoms with Crippen molar-refractivity contribution in [3.8, 4) is 5.75 Å². The van der Waals surface area contributed by atoms with Crippen LogP contribution in [0.25, 0.3) is 0 Å². The van der Waals surface area contributed by atoms with Gasteiger partial charge in [0.05, 0.1) is 35.6 Å². The summed E-state index contributed by atoms with van der Waals surface area (Å²) in [6.07, 6.45) is 0.819. The number of nitrogens with one attached hydrogen (secondary N) is 2. The number of hydrogen-bond acceptors (Lipinski definition) is 6. The SMILES string of the molecule is COc1ccccc1Nc1ccc([N+](=O)[O-])cc1NCC(=O)N1CCc2ccccc21. The van der Waals surface area contributed by atoms with Crippen LogP contribution in [0.5, 0.6) is 5.75 Å². The second-order valence-corrected chi connectivity index (χ2v) is 7.09. The Labute approximate surface area is 179 Å². The summed E-state index contributed by atoms with van der Waals surface area (Å²) in [5.74, 6) is 0.538. The van der Waals surface area contributed by atoms with Crippen molar-refractivity contribution in [2.45, 2.75) is 6.42 Å². The minimum absolute atomic E-state index is 0.0100. The summed E-state index contributed by atoms with van der Waals surface area (Å²) < 4.78 is 5.37. The summed E-state index contributed by atoms with van der Waals surface area (Å²) in [6, 6.07) is 19.6. The summed E-state index contributed by atoms with van der Waals surface area (Å²) in [5.41, 5.74) is 3.77. The molecule has 2 N–H and O–H groups in total. The van der Waals surface area contributed by atoms with Crippen LogP contribution in [0.2, 0.25) is 0 Å². The zero-order chi connectivity index (χ0) is 21.8. The highest BCUT2D eigenvalue weighted by Crippen LogP contribution is 2.33. The van der Waals surface area contributed by atoms with Crippen molar-refractivity contribution in [2.75, 3.05) is 35.7 Å². The van der Waals surface area contributed by atoms with Gasteiger partial charge in [0, 0.05) is 24.4 Å². The van der Waals surface area contributed by atoms with Gasteiger partial charge in [-0.2, -0.15) is 0 Å². The molecule has 1 heterocycles. The van der Waals surface area contributed by atoms with Crippen LogP contribution in [0.4, 0.5) is 28.4 Å². The Morgan fingerprint density at radius 2 is 1.84 bits per heavy atom. The average molecular weight is 418 g/mol. The molecule has 0 aliphatic carbocycles. The maximum absolute atomic E-state index is 12.9. The Hall–Kier alpha value is -4.07. The quantitative estimate of drug-likeness (QED) is 0.437. The van der Waals surface area contributed by atoms with Crippen molar-refractivity contribution >= 4 is 34.3 Å². The molecule has 0 fully saturated rings. The molecule has 0 unspecified atom stereocenters. The van der Waals surface area contributed by atoms with Crippen molar-refractivity contribution in [3.05, 3.63) is 82.4 Å². The van der Waals surface area contributed by atoms with Crippen molar-refractivity contribution < 1.29 is 14.5 Å². The molecule has 1 aliphatic heterocycles. The van der Waals surface area contributed by atoms with E-state index in [9.17, 15) is 14.9 Å². The molecule has 3 aromatic rings. The standard InChI is InChI=1S/C23H22N4O4/c1-31-22-9-5-3-7-19(22)25-18-11-10-17(27(29)30)14-20(18)24-15-23(28)26-13-12-16-6-2-4-8-21(16)26/h2-11,14,24-25H,12-13,15H2,1H3. The molecule has 0 atom stereocenters. The molecular formula is C23H22N4O4. The number of hydrogen-bond donors (Lipinski definition) is 2. The van der Waals surface area contributed by atoms with Gasteiger partial charge in [-0.05, 0) is 36.2 Å². The van der Waals surface area contributed by atoms with Crippen LogP contribution in [0, 0.1) is 10.1 Å². The second kappa shape index (κ2) is 8.74. The van der Waals surface area contributed by atoms with Crippen LogP contribution in [-0.2, 0) is 11.2 Å². The molecule has 1 aliphatic rings. The van der Waals surface area contributed by atoms with Gasteiger partial charge in [-0.25, -0.2) is 0 Å². The van der Waals surface area contributed by atoms with E-state index in [-0.39, 0.29) is 18.1 Å². The number of nitrogens with zero attached hydrogens (tertiary/aromatic N) is 2. The maximum atomic E-state index is 12.9. The predicted molar refractivity (Wildman–Crippen MR) is 120 cm³/mol. The van der Waals surface area contributed by atoms with Gasteiger partial charge in [-0.1, -0.05) is 30.3 Å². The van der Waals surface area contributed by atoms with E-state index in [0.29, 0.717) is 29.4 Å². The van der Waals surface area contributed by atoms with Gasteiger partial charge in [-0.15, -0.1) is 0 Å². The lowest BCUT2D eigenvalue weighted by atomic mass is 10.2. The van der Waals surface area contributed by atoms with Crippen molar-refractivity contribution in [1.29, 1.82) is 0 Å². The van der Waals surface area contributed by atoms with Crippen LogP contribution in [-0.4, -0.2) is 31.0 Å². The number of carbonyl (C=O) groups excluding carboxylic acids is 1. The molecule has 8 nitrogen and oxygen atoms in total. The number of benzene rings is 3. The number of anilines is 4. The van der Waals surface area contributed by atoms with E-state index in [4.69, 9.17) is 4.74 Å². The number of non-ortho nitro benzene ring substituents is 1. The fourth-order valence-corrected chi connectivity index (χ4v) is 3.66. The Balaban J connectivity index is 1.56. The third kappa shape index (κ3) is 4.28. The molecule has 0 bridgehead atoms. The number of methoxy groups -OCH3 is 1. The number of nitro groups is 1. The Morgan fingerprint density at radius 1 is 1.06 bits per heavy atom. The average Bonchev–Trinajstić information content (AvgIpc) is 3.22. The largest absolute Gasteiger partial charge is 0.495 e. The molecule has 158 valence electrons. The van der Waals surface area contributed by atoms with Gasteiger partial charge in [0.1, 0.15) is 5.75 Å². The van der Waals surface area contributed by atoms with Crippen molar-refractivity contribution in [1.82, 2.24) is 0 Å². The molecule has 31 heavy (non-hydrogen) atoms. The minimum Gasteiger partial charge on any atom is -0.495 e. The van der Waals surface area contributed by atoms with Gasteiger partial charge in [0.2, 0.25) is 5.91 Å². The highest BCUT2D eigenvalue weighted by atomic mass is 16.6. The van der Waals surface area contributed by atoms with E-state index in [0.717, 1.165) is 17.7 Å². The zero-order valence-corrected chi connectivity index (χ0v) is 17.0. The minimum atomic E-state index is -0.462. The molecule has 4 rings (SSSR count). The number of carbonyl (C=O) groups is 1. The highest BCUT2D eigenvalue weighted by molar-refractivity contribution is 5.98. The topological polar surface area (TPSA) is 96.7 Å². The first-order chi connectivity index (χ1) is 15.1. The number of fused-ring (bicyclic) bond motifs is 1. The first kappa shape index (κ1) is 20.2. The Morgan fingerprint density at radius 3 is 2.65 bits per heavy atom. The van der Waals surface area contributed by atoms with Gasteiger partial charge in [0.25, 0.3) is 5.69 Å². The molecule has 0 radical (unpaired) electrons. The Kier molecular flexibility index (Phi) is 5.70. The van der Waals surface area contributed by atoms with Gasteiger partial charge >= 0.3 is 0 Å². The van der Waals surface area contributed by atoms with E-state index in [1.165, 1.54) is 12.1 Å². The van der Waals surface area contributed by atoms with E-state index in [1.54, 1.807) is 18.1 Å². The second-order valence-electron chi connectivity index (χ2n) is 7.09. The Bertz CT molecular complexity index is 1130. The van der Waals surface area contributed by atoms with Crippen LogP contribution < -0.4 is 20.3 Å². The third-order valence-corrected chi connectivity index (χ3v) is 5.21. The highest BCUT2D eigenvalue weighted by Gasteiger charge is 2.24. The van der Waals surface area contributed by atoms with Gasteiger partial charge in [0.15, 0.2) is 0 Å². The first-order valence-electron chi connectivity index (χ1n) is 9.87. The molecule has 0 aromatic heterocycles. The molecule has 0 saturated heterocycles. The summed E-state index contributed by atoms with van der Waals surface area (Å²) >= 11 is 0. The van der Waals surface area contributed by atoms with E-state index >= 15 is 0 Å². The molecule has 8 heteroatoms. The summed E-state index contributed by atoms with van der Waals surface area (Å²) in [7, 11) is 1.57. The third-order valence-electron chi connectivity index (χ3n) is 5.21. The monoisotopic (exact) mass is 418 g/mol. The van der Waals surface area contributed by atoms with Crippen LogP contribution in [0.3, 0.4) is 0 Å². The summed E-state index contributed by atoms with van der Waals surface area (Å²) in [4.78, 5) is 25.4. The molecular weight excluding hydrogens is 396 g/mol. The lowest BCUT2D eigenvalue weighted by Crippen LogP contribution is -2.34. The van der Waals surface area contributed by atoms with Crippen LogP contribution in [0.1, 0.15) is 5.56 Å². The number of nitro benzene ring substituents is 1. The normalized spacial score (nSPS) is 12.2. The molecule has 0 spiro atoms. The van der Waals surface area contributed by atoms with Gasteiger partial charge in [-0.3, -0.25) is 14.9 Å². The van der Waals surface area contributed by atoms with Crippen LogP contribution in [0.15, 0.2) is 66.7 Å². The van der Waals surface area contributed by atoms with E-state index < -0.39 is 4.92 Å². The predicted octanol–water partition coefficient (Wildman–Crippen LogP) is 4.35. The smallest absolute Gasteiger partial charge is 0.271 e. The van der Waals surface area contributed by atoms with Crippen molar-refractivity contribution in [3.63, 3.8) is 0 Å². The molecule has 3 aromatic carbocycles. The van der Waals surface area contributed by atoms with Crippen molar-refractivity contribution in [2.24, 2.45) is 0 Å². The van der Waals surface area contributed by atoms with E-state index in [2.05, 4.69) is 10.6 Å². The molecule has 0 saturated carbocycles. The maximum Gasteiger partial charge on any atom is 0.271 e. The van der Waals surface area contributed by atoms with Gasteiger partial charge < -0.3 is 20.3 Å². The summed E-state index contributed by atoms with van der Waals surface area (Å²) in [6.45, 7) is 0.636. The fourth-order valence-electron chi connectivity index (χ4n) is 3.66. The van der Waals surface area contributed by atoms with Crippen LogP contribution >= 0.6 is 0 Å². The molecule has 1 amide bonds.